The smallest absolute Gasteiger partial charge is 0.191 e. The fraction of sp³-hybridized carbons (Fsp3) is 0.625. The van der Waals surface area contributed by atoms with Crippen LogP contribution in [0.5, 0.6) is 0 Å². The highest BCUT2D eigenvalue weighted by Crippen LogP contribution is 2.32. The quantitative estimate of drug-likeness (QED) is 0.321. The van der Waals surface area contributed by atoms with E-state index in [0.29, 0.717) is 63.7 Å². The SMILES string of the molecule is CCc1oc([C@H](C)[C@H](O)[C@@H](C)[C@@H](O)C(C)=C[C@@H](C)c2oc([C@@H](C)[C@@H](O)CC)c(C)c(=O)c2C)c(C)c(=O)c1C. The Morgan fingerprint density at radius 3 is 1.77 bits per heavy atom. The minimum Gasteiger partial charge on any atom is -0.465 e. The van der Waals surface area contributed by atoms with Gasteiger partial charge < -0.3 is 24.2 Å². The van der Waals surface area contributed by atoms with Gasteiger partial charge in [-0.25, -0.2) is 0 Å². The molecule has 0 aliphatic heterocycles. The Hall–Kier alpha value is -2.48. The monoisotopic (exact) mass is 544 g/mol. The van der Waals surface area contributed by atoms with Gasteiger partial charge in [0.25, 0.3) is 0 Å². The minimum atomic E-state index is -0.981. The first-order valence-corrected chi connectivity index (χ1v) is 14.1. The molecular weight excluding hydrogens is 496 g/mol. The molecule has 0 fully saturated rings. The van der Waals surface area contributed by atoms with Crippen LogP contribution < -0.4 is 10.9 Å². The number of hydrogen-bond acceptors (Lipinski definition) is 7. The zero-order valence-electron chi connectivity index (χ0n) is 25.5. The fourth-order valence-electron chi connectivity index (χ4n) is 5.53. The summed E-state index contributed by atoms with van der Waals surface area (Å²) in [6.45, 7) is 19.8. The maximum absolute atomic E-state index is 13.0. The summed E-state index contributed by atoms with van der Waals surface area (Å²) in [7, 11) is 0. The number of aliphatic hydroxyl groups is 3. The molecule has 7 heteroatoms. The van der Waals surface area contributed by atoms with Crippen molar-refractivity contribution in [2.24, 2.45) is 5.92 Å². The molecule has 39 heavy (non-hydrogen) atoms. The summed E-state index contributed by atoms with van der Waals surface area (Å²) < 4.78 is 12.3. The van der Waals surface area contributed by atoms with Gasteiger partial charge in [-0.2, -0.15) is 0 Å². The zero-order chi connectivity index (χ0) is 29.9. The molecule has 0 aliphatic rings. The highest BCUT2D eigenvalue weighted by molar-refractivity contribution is 5.32. The van der Waals surface area contributed by atoms with Crippen molar-refractivity contribution in [2.75, 3.05) is 0 Å². The van der Waals surface area contributed by atoms with E-state index in [2.05, 4.69) is 0 Å². The molecule has 2 rings (SSSR count). The maximum atomic E-state index is 13.0. The second kappa shape index (κ2) is 13.2. The minimum absolute atomic E-state index is 0.0830. The lowest BCUT2D eigenvalue weighted by Crippen LogP contribution is -2.35. The summed E-state index contributed by atoms with van der Waals surface area (Å²) in [5.41, 5.74) is 2.49. The maximum Gasteiger partial charge on any atom is 0.191 e. The first kappa shape index (κ1) is 32.7. The largest absolute Gasteiger partial charge is 0.465 e. The molecule has 0 bridgehead atoms. The molecule has 0 saturated carbocycles. The van der Waals surface area contributed by atoms with Crippen LogP contribution in [-0.2, 0) is 6.42 Å². The predicted molar refractivity (Wildman–Crippen MR) is 155 cm³/mol. The van der Waals surface area contributed by atoms with Gasteiger partial charge in [-0.3, -0.25) is 9.59 Å². The van der Waals surface area contributed by atoms with Gasteiger partial charge in [-0.1, -0.05) is 47.6 Å². The summed E-state index contributed by atoms with van der Waals surface area (Å²) in [5.74, 6) is 0.278. The summed E-state index contributed by atoms with van der Waals surface area (Å²) in [4.78, 5) is 25.7. The van der Waals surface area contributed by atoms with Crippen LogP contribution >= 0.6 is 0 Å². The Kier molecular flexibility index (Phi) is 11.1. The summed E-state index contributed by atoms with van der Waals surface area (Å²) in [5, 5.41) is 32.8. The number of allylic oxidation sites excluding steroid dienone is 1. The van der Waals surface area contributed by atoms with Crippen molar-refractivity contribution in [3.8, 4) is 0 Å². The van der Waals surface area contributed by atoms with Gasteiger partial charge in [0.15, 0.2) is 10.9 Å². The lowest BCUT2D eigenvalue weighted by Gasteiger charge is -2.30. The van der Waals surface area contributed by atoms with Gasteiger partial charge in [0.05, 0.1) is 18.3 Å². The van der Waals surface area contributed by atoms with Gasteiger partial charge in [-0.15, -0.1) is 0 Å². The molecule has 7 atom stereocenters. The molecule has 2 heterocycles. The molecule has 0 unspecified atom stereocenters. The zero-order valence-corrected chi connectivity index (χ0v) is 25.5. The van der Waals surface area contributed by atoms with E-state index in [9.17, 15) is 24.9 Å². The second-order valence-electron chi connectivity index (χ2n) is 11.3. The standard InChI is InChI=1S/C32H48O7/c1-12-24(33)17(5)31-23(11)29(37)20(8)30(39-31)16(4)14-15(3)26(34)19(7)28(36)22(10)32-21(9)27(35)18(6)25(13-2)38-32/h14,16-17,19,22,24,26,28,33-34,36H,12-13H2,1-11H3/t16-,17+,19+,22-,24+,26+,28-/m1/s1. The van der Waals surface area contributed by atoms with Gasteiger partial charge in [-0.05, 0) is 46.6 Å². The molecule has 0 aromatic carbocycles. The number of hydrogen-bond donors (Lipinski definition) is 3. The van der Waals surface area contributed by atoms with E-state index < -0.39 is 30.1 Å². The number of aryl methyl sites for hydroxylation is 1. The van der Waals surface area contributed by atoms with Crippen LogP contribution in [0.25, 0.3) is 0 Å². The van der Waals surface area contributed by atoms with E-state index in [0.717, 1.165) is 0 Å². The highest BCUT2D eigenvalue weighted by Gasteiger charge is 2.32. The molecule has 2 aromatic rings. The Balaban J connectivity index is 2.38. The lowest BCUT2D eigenvalue weighted by molar-refractivity contribution is 0.0216. The van der Waals surface area contributed by atoms with Gasteiger partial charge >= 0.3 is 0 Å². The van der Waals surface area contributed by atoms with E-state index in [1.165, 1.54) is 0 Å². The summed E-state index contributed by atoms with van der Waals surface area (Å²) >= 11 is 0. The molecule has 0 saturated heterocycles. The van der Waals surface area contributed by atoms with Gasteiger partial charge in [0, 0.05) is 52.3 Å². The number of rotatable bonds is 11. The van der Waals surface area contributed by atoms with Crippen molar-refractivity contribution in [3.05, 3.63) is 77.4 Å². The topological polar surface area (TPSA) is 121 Å². The van der Waals surface area contributed by atoms with Crippen LogP contribution in [0.15, 0.2) is 30.1 Å². The van der Waals surface area contributed by atoms with E-state index in [1.54, 1.807) is 48.5 Å². The summed E-state index contributed by atoms with van der Waals surface area (Å²) in [6.07, 6.45) is 0.368. The first-order chi connectivity index (χ1) is 18.1. The van der Waals surface area contributed by atoms with Crippen molar-refractivity contribution in [3.63, 3.8) is 0 Å². The Labute approximate surface area is 232 Å². The van der Waals surface area contributed by atoms with Crippen LogP contribution in [0.1, 0.15) is 118 Å². The van der Waals surface area contributed by atoms with E-state index in [-0.39, 0.29) is 22.7 Å². The molecule has 0 radical (unpaired) electrons. The average molecular weight is 545 g/mol. The first-order valence-electron chi connectivity index (χ1n) is 14.1. The predicted octanol–water partition coefficient (Wildman–Crippen LogP) is 5.47. The lowest BCUT2D eigenvalue weighted by atomic mass is 9.83. The van der Waals surface area contributed by atoms with E-state index in [1.807, 2.05) is 33.8 Å². The fourth-order valence-corrected chi connectivity index (χ4v) is 5.53. The van der Waals surface area contributed by atoms with Crippen LogP contribution in [0.3, 0.4) is 0 Å². The van der Waals surface area contributed by atoms with Crippen molar-refractivity contribution in [1.82, 2.24) is 0 Å². The van der Waals surface area contributed by atoms with Crippen LogP contribution in [0.4, 0.5) is 0 Å². The third kappa shape index (κ3) is 6.64. The van der Waals surface area contributed by atoms with Crippen molar-refractivity contribution in [2.45, 2.75) is 125 Å². The molecule has 218 valence electrons. The third-order valence-corrected chi connectivity index (χ3v) is 8.43. The molecule has 0 spiro atoms. The molecule has 0 aliphatic carbocycles. The molecular formula is C32H48O7. The van der Waals surface area contributed by atoms with Crippen molar-refractivity contribution < 1.29 is 24.2 Å². The molecule has 0 amide bonds. The molecule has 2 aromatic heterocycles. The highest BCUT2D eigenvalue weighted by atomic mass is 16.3. The van der Waals surface area contributed by atoms with E-state index >= 15 is 0 Å². The van der Waals surface area contributed by atoms with E-state index in [4.69, 9.17) is 8.83 Å². The van der Waals surface area contributed by atoms with Crippen molar-refractivity contribution >= 4 is 0 Å². The molecule has 3 N–H and O–H groups in total. The van der Waals surface area contributed by atoms with Crippen molar-refractivity contribution in [1.29, 1.82) is 0 Å². The Morgan fingerprint density at radius 1 is 0.769 bits per heavy atom. The molecule has 7 nitrogen and oxygen atoms in total. The van der Waals surface area contributed by atoms with Crippen LogP contribution in [0, 0.1) is 33.6 Å². The van der Waals surface area contributed by atoms with Gasteiger partial charge in [0.1, 0.15) is 23.0 Å². The Bertz CT molecular complexity index is 1300. The van der Waals surface area contributed by atoms with Crippen LogP contribution in [-0.4, -0.2) is 33.6 Å². The van der Waals surface area contributed by atoms with Crippen LogP contribution in [0.2, 0.25) is 0 Å². The van der Waals surface area contributed by atoms with Gasteiger partial charge in [0.2, 0.25) is 0 Å². The summed E-state index contributed by atoms with van der Waals surface area (Å²) in [6, 6.07) is 0. The second-order valence-corrected chi connectivity index (χ2v) is 11.3. The third-order valence-electron chi connectivity index (χ3n) is 8.43. The normalized spacial score (nSPS) is 17.8. The average Bonchev–Trinajstić information content (AvgIpc) is 2.92. The number of aliphatic hydroxyl groups excluding tert-OH is 3. The Morgan fingerprint density at radius 2 is 1.26 bits per heavy atom.